The van der Waals surface area contributed by atoms with E-state index in [1.54, 1.807) is 6.07 Å². The summed E-state index contributed by atoms with van der Waals surface area (Å²) in [7, 11) is 0. The van der Waals surface area contributed by atoms with Crippen LogP contribution in [0.1, 0.15) is 31.7 Å². The molecule has 1 atom stereocenters. The topological polar surface area (TPSA) is 61.8 Å². The molecule has 0 saturated carbocycles. The van der Waals surface area contributed by atoms with E-state index in [-0.39, 0.29) is 17.3 Å². The van der Waals surface area contributed by atoms with Crippen molar-refractivity contribution in [3.05, 3.63) is 29.3 Å². The second kappa shape index (κ2) is 6.92. The molecule has 0 heterocycles. The molecule has 0 bridgehead atoms. The molecule has 0 aromatic heterocycles. The van der Waals surface area contributed by atoms with Crippen molar-refractivity contribution in [2.45, 2.75) is 32.2 Å². The number of nitrogens with two attached hydrogens (primary N) is 1. The number of unbranched alkanes of at least 4 members (excludes halogenated alkanes) is 1. The van der Waals surface area contributed by atoms with Crippen molar-refractivity contribution in [3.63, 3.8) is 0 Å². The SMILES string of the molecule is CCCCC(CN)Nc1c(F)cc(C#N)cc1F. The molecule has 0 amide bonds. The van der Waals surface area contributed by atoms with Gasteiger partial charge >= 0.3 is 0 Å². The van der Waals surface area contributed by atoms with E-state index in [4.69, 9.17) is 11.0 Å². The minimum absolute atomic E-state index is 0.0339. The summed E-state index contributed by atoms with van der Waals surface area (Å²) in [6.07, 6.45) is 2.69. The van der Waals surface area contributed by atoms with E-state index >= 15 is 0 Å². The lowest BCUT2D eigenvalue weighted by Crippen LogP contribution is -2.29. The number of nitrogens with one attached hydrogen (secondary N) is 1. The van der Waals surface area contributed by atoms with E-state index in [1.807, 2.05) is 6.92 Å². The van der Waals surface area contributed by atoms with E-state index < -0.39 is 11.6 Å². The Morgan fingerprint density at radius 2 is 2.00 bits per heavy atom. The Balaban J connectivity index is 2.86. The Kier molecular flexibility index (Phi) is 5.53. The summed E-state index contributed by atoms with van der Waals surface area (Å²) in [6.45, 7) is 2.34. The summed E-state index contributed by atoms with van der Waals surface area (Å²) >= 11 is 0. The van der Waals surface area contributed by atoms with Crippen molar-refractivity contribution in [3.8, 4) is 6.07 Å². The molecule has 98 valence electrons. The largest absolute Gasteiger partial charge is 0.376 e. The Labute approximate surface area is 106 Å². The highest BCUT2D eigenvalue weighted by Crippen LogP contribution is 2.22. The van der Waals surface area contributed by atoms with Crippen molar-refractivity contribution in [2.24, 2.45) is 5.73 Å². The predicted molar refractivity (Wildman–Crippen MR) is 67.1 cm³/mol. The van der Waals surface area contributed by atoms with Crippen LogP contribution in [0.3, 0.4) is 0 Å². The summed E-state index contributed by atoms with van der Waals surface area (Å²) in [6, 6.07) is 3.57. The van der Waals surface area contributed by atoms with Crippen LogP contribution in [0, 0.1) is 23.0 Å². The molecule has 0 aliphatic rings. The highest BCUT2D eigenvalue weighted by molar-refractivity contribution is 5.51. The molecule has 0 radical (unpaired) electrons. The van der Waals surface area contributed by atoms with Crippen LogP contribution in [0.15, 0.2) is 12.1 Å². The van der Waals surface area contributed by atoms with Crippen molar-refractivity contribution in [2.75, 3.05) is 11.9 Å². The van der Waals surface area contributed by atoms with Crippen LogP contribution in [0.5, 0.6) is 0 Å². The van der Waals surface area contributed by atoms with Crippen molar-refractivity contribution in [1.29, 1.82) is 5.26 Å². The highest BCUT2D eigenvalue weighted by Gasteiger charge is 2.14. The van der Waals surface area contributed by atoms with E-state index in [9.17, 15) is 8.78 Å². The lowest BCUT2D eigenvalue weighted by atomic mass is 10.1. The fourth-order valence-electron chi connectivity index (χ4n) is 1.68. The van der Waals surface area contributed by atoms with Crippen molar-refractivity contribution < 1.29 is 8.78 Å². The van der Waals surface area contributed by atoms with Gasteiger partial charge in [-0.3, -0.25) is 0 Å². The normalized spacial score (nSPS) is 11.9. The first kappa shape index (κ1) is 14.4. The smallest absolute Gasteiger partial charge is 0.150 e. The molecular weight excluding hydrogens is 236 g/mol. The zero-order valence-electron chi connectivity index (χ0n) is 10.3. The van der Waals surface area contributed by atoms with Crippen LogP contribution in [0.4, 0.5) is 14.5 Å². The quantitative estimate of drug-likeness (QED) is 0.819. The third-order valence-electron chi connectivity index (χ3n) is 2.71. The van der Waals surface area contributed by atoms with Gasteiger partial charge < -0.3 is 11.1 Å². The van der Waals surface area contributed by atoms with Crippen LogP contribution in [0.2, 0.25) is 0 Å². The first-order valence-electron chi connectivity index (χ1n) is 5.98. The molecule has 3 nitrogen and oxygen atoms in total. The predicted octanol–water partition coefficient (Wildman–Crippen LogP) is 2.77. The zero-order chi connectivity index (χ0) is 13.5. The highest BCUT2D eigenvalue weighted by atomic mass is 19.1. The molecule has 0 spiro atoms. The molecule has 3 N–H and O–H groups in total. The van der Waals surface area contributed by atoms with Crippen LogP contribution in [0.25, 0.3) is 0 Å². The number of hydrogen-bond donors (Lipinski definition) is 2. The van der Waals surface area contributed by atoms with Gasteiger partial charge in [0, 0.05) is 12.6 Å². The van der Waals surface area contributed by atoms with Crippen LogP contribution in [-0.4, -0.2) is 12.6 Å². The van der Waals surface area contributed by atoms with Gasteiger partial charge in [0.05, 0.1) is 11.6 Å². The van der Waals surface area contributed by atoms with Gasteiger partial charge in [0.25, 0.3) is 0 Å². The van der Waals surface area contributed by atoms with Gasteiger partial charge in [0.2, 0.25) is 0 Å². The zero-order valence-corrected chi connectivity index (χ0v) is 10.3. The van der Waals surface area contributed by atoms with Crippen LogP contribution < -0.4 is 11.1 Å². The maximum absolute atomic E-state index is 13.6. The number of benzene rings is 1. The van der Waals surface area contributed by atoms with E-state index in [1.165, 1.54) is 0 Å². The molecule has 1 aromatic rings. The van der Waals surface area contributed by atoms with Crippen molar-refractivity contribution >= 4 is 5.69 Å². The van der Waals surface area contributed by atoms with E-state index in [0.29, 0.717) is 6.54 Å². The average molecular weight is 253 g/mol. The number of nitriles is 1. The number of anilines is 1. The third-order valence-corrected chi connectivity index (χ3v) is 2.71. The number of nitrogens with zero attached hydrogens (tertiary/aromatic N) is 1. The lowest BCUT2D eigenvalue weighted by Gasteiger charge is -2.18. The molecule has 0 aliphatic heterocycles. The molecule has 0 aliphatic carbocycles. The maximum Gasteiger partial charge on any atom is 0.150 e. The summed E-state index contributed by atoms with van der Waals surface area (Å²) < 4.78 is 27.2. The molecule has 1 rings (SSSR count). The van der Waals surface area contributed by atoms with Gasteiger partial charge in [-0.05, 0) is 18.6 Å². The second-order valence-electron chi connectivity index (χ2n) is 4.15. The summed E-state index contributed by atoms with van der Waals surface area (Å²) in [5.74, 6) is -1.53. The Morgan fingerprint density at radius 3 is 2.44 bits per heavy atom. The average Bonchev–Trinajstić information content (AvgIpc) is 2.37. The van der Waals surface area contributed by atoms with E-state index in [0.717, 1.165) is 31.4 Å². The minimum Gasteiger partial charge on any atom is -0.376 e. The van der Waals surface area contributed by atoms with Gasteiger partial charge in [-0.15, -0.1) is 0 Å². The molecule has 18 heavy (non-hydrogen) atoms. The van der Waals surface area contributed by atoms with Gasteiger partial charge in [-0.2, -0.15) is 5.26 Å². The third kappa shape index (κ3) is 3.67. The molecule has 0 saturated heterocycles. The van der Waals surface area contributed by atoms with Crippen molar-refractivity contribution in [1.82, 2.24) is 0 Å². The first-order chi connectivity index (χ1) is 8.62. The summed E-state index contributed by atoms with van der Waals surface area (Å²) in [4.78, 5) is 0. The van der Waals surface area contributed by atoms with Gasteiger partial charge in [0.1, 0.15) is 5.69 Å². The minimum atomic E-state index is -0.763. The monoisotopic (exact) mass is 253 g/mol. The molecule has 0 fully saturated rings. The van der Waals surface area contributed by atoms with Gasteiger partial charge in [-0.1, -0.05) is 19.8 Å². The number of hydrogen-bond acceptors (Lipinski definition) is 3. The fraction of sp³-hybridized carbons (Fsp3) is 0.462. The molecule has 1 aromatic carbocycles. The summed E-state index contributed by atoms with van der Waals surface area (Å²) in [5.41, 5.74) is 5.32. The standard InChI is InChI=1S/C13H17F2N3/c1-2-3-4-10(8-17)18-13-11(14)5-9(7-16)6-12(13)15/h5-6,10,18H,2-4,8,17H2,1H3. The summed E-state index contributed by atoms with van der Waals surface area (Å²) in [5, 5.41) is 11.4. The maximum atomic E-state index is 13.6. The Morgan fingerprint density at radius 1 is 1.39 bits per heavy atom. The van der Waals surface area contributed by atoms with Crippen LogP contribution in [-0.2, 0) is 0 Å². The number of halogens is 2. The van der Waals surface area contributed by atoms with Gasteiger partial charge in [0.15, 0.2) is 11.6 Å². The molecule has 5 heteroatoms. The first-order valence-corrected chi connectivity index (χ1v) is 5.98. The lowest BCUT2D eigenvalue weighted by molar-refractivity contribution is 0.566. The van der Waals surface area contributed by atoms with E-state index in [2.05, 4.69) is 5.32 Å². The van der Waals surface area contributed by atoms with Crippen LogP contribution >= 0.6 is 0 Å². The second-order valence-corrected chi connectivity index (χ2v) is 4.15. The van der Waals surface area contributed by atoms with Gasteiger partial charge in [-0.25, -0.2) is 8.78 Å². The number of rotatable bonds is 6. The Hall–Kier alpha value is -1.67. The molecular formula is C13H17F2N3. The fourth-order valence-corrected chi connectivity index (χ4v) is 1.68. The molecule has 1 unspecified atom stereocenters. The Bertz CT molecular complexity index is 417.